The number of H-pyrrole nitrogens is 1. The highest BCUT2D eigenvalue weighted by atomic mass is 32.1. The van der Waals surface area contributed by atoms with Crippen LogP contribution in [0.2, 0.25) is 0 Å². The van der Waals surface area contributed by atoms with Crippen molar-refractivity contribution in [2.24, 2.45) is 0 Å². The van der Waals surface area contributed by atoms with Gasteiger partial charge >= 0.3 is 0 Å². The summed E-state index contributed by atoms with van der Waals surface area (Å²) in [5.41, 5.74) is 2.16. The number of ether oxygens (including phenoxy) is 1. The summed E-state index contributed by atoms with van der Waals surface area (Å²) >= 11 is 5.40. The zero-order valence-corrected chi connectivity index (χ0v) is 14.8. The Balaban J connectivity index is 1.80. The molecule has 2 aromatic heterocycles. The maximum absolute atomic E-state index is 12.9. The van der Waals surface area contributed by atoms with Gasteiger partial charge in [-0.15, -0.1) is 0 Å². The monoisotopic (exact) mass is 361 g/mol. The Labute approximate surface area is 154 Å². The van der Waals surface area contributed by atoms with E-state index in [1.165, 1.54) is 4.57 Å². The number of hydrogen-bond donors (Lipinski definition) is 1. The molecule has 26 heavy (non-hydrogen) atoms. The van der Waals surface area contributed by atoms with Gasteiger partial charge in [-0.2, -0.15) is 0 Å². The van der Waals surface area contributed by atoms with E-state index in [-0.39, 0.29) is 5.56 Å². The van der Waals surface area contributed by atoms with Gasteiger partial charge in [0, 0.05) is 6.20 Å². The third-order valence-electron chi connectivity index (χ3n) is 4.08. The summed E-state index contributed by atoms with van der Waals surface area (Å²) in [5.74, 6) is 1.36. The number of fused-ring (bicyclic) bond motifs is 1. The van der Waals surface area contributed by atoms with E-state index in [1.54, 1.807) is 18.5 Å². The summed E-state index contributed by atoms with van der Waals surface area (Å²) in [4.78, 5) is 20.0. The Bertz CT molecular complexity index is 1210. The van der Waals surface area contributed by atoms with E-state index in [9.17, 15) is 4.79 Å². The van der Waals surface area contributed by atoms with E-state index in [4.69, 9.17) is 17.0 Å². The minimum absolute atomic E-state index is 0.148. The summed E-state index contributed by atoms with van der Waals surface area (Å²) in [7, 11) is 0. The minimum atomic E-state index is -0.148. The number of nitrogens with one attached hydrogen (secondary N) is 1. The second-order valence-electron chi connectivity index (χ2n) is 5.86. The zero-order chi connectivity index (χ0) is 18.1. The van der Waals surface area contributed by atoms with Crippen molar-refractivity contribution in [3.05, 3.63) is 87.7 Å². The van der Waals surface area contributed by atoms with Crippen molar-refractivity contribution in [3.63, 3.8) is 0 Å². The largest absolute Gasteiger partial charge is 0.455 e. The lowest BCUT2D eigenvalue weighted by Gasteiger charge is -2.12. The number of para-hydroxylation sites is 1. The predicted molar refractivity (Wildman–Crippen MR) is 104 cm³/mol. The summed E-state index contributed by atoms with van der Waals surface area (Å²) in [6, 6.07) is 16.5. The van der Waals surface area contributed by atoms with Gasteiger partial charge in [0.05, 0.1) is 22.8 Å². The lowest BCUT2D eigenvalue weighted by Crippen LogP contribution is -2.20. The molecule has 0 fully saturated rings. The van der Waals surface area contributed by atoms with Gasteiger partial charge in [0.25, 0.3) is 5.56 Å². The fourth-order valence-electron chi connectivity index (χ4n) is 2.82. The molecule has 4 rings (SSSR count). The van der Waals surface area contributed by atoms with E-state index in [2.05, 4.69) is 9.97 Å². The first kappa shape index (κ1) is 16.2. The van der Waals surface area contributed by atoms with Crippen LogP contribution in [0.4, 0.5) is 0 Å². The normalized spacial score (nSPS) is 10.8. The number of benzene rings is 2. The van der Waals surface area contributed by atoms with Gasteiger partial charge in [-0.05, 0) is 67.2 Å². The second kappa shape index (κ2) is 6.57. The van der Waals surface area contributed by atoms with Crippen LogP contribution in [0.25, 0.3) is 16.6 Å². The van der Waals surface area contributed by atoms with Crippen LogP contribution < -0.4 is 10.3 Å². The molecule has 0 saturated heterocycles. The number of hydrogen-bond acceptors (Lipinski definition) is 4. The molecule has 0 amide bonds. The van der Waals surface area contributed by atoms with Gasteiger partial charge in [-0.3, -0.25) is 14.3 Å². The molecule has 1 N–H and O–H groups in total. The Morgan fingerprint density at radius 1 is 1.12 bits per heavy atom. The number of pyridine rings is 1. The molecule has 0 spiro atoms. The lowest BCUT2D eigenvalue weighted by molar-refractivity contribution is 0.476. The van der Waals surface area contributed by atoms with E-state index in [1.807, 2.05) is 55.5 Å². The lowest BCUT2D eigenvalue weighted by atomic mass is 10.2. The van der Waals surface area contributed by atoms with E-state index in [0.29, 0.717) is 27.3 Å². The van der Waals surface area contributed by atoms with Crippen molar-refractivity contribution in [2.75, 3.05) is 0 Å². The highest BCUT2D eigenvalue weighted by Crippen LogP contribution is 2.26. The quantitative estimate of drug-likeness (QED) is 0.544. The molecule has 0 aliphatic carbocycles. The predicted octanol–water partition coefficient (Wildman–Crippen LogP) is 4.54. The second-order valence-corrected chi connectivity index (χ2v) is 6.24. The molecule has 6 heteroatoms. The van der Waals surface area contributed by atoms with Crippen LogP contribution in [0.5, 0.6) is 11.5 Å². The first-order valence-electron chi connectivity index (χ1n) is 8.06. The molecule has 0 radical (unpaired) electrons. The third kappa shape index (κ3) is 2.91. The van der Waals surface area contributed by atoms with Crippen LogP contribution in [0.1, 0.15) is 5.56 Å². The third-order valence-corrected chi connectivity index (χ3v) is 4.37. The Morgan fingerprint density at radius 2 is 1.96 bits per heavy atom. The summed E-state index contributed by atoms with van der Waals surface area (Å²) in [6.45, 7) is 1.92. The van der Waals surface area contributed by atoms with E-state index < -0.39 is 0 Å². The van der Waals surface area contributed by atoms with Gasteiger partial charge in [0.15, 0.2) is 4.77 Å². The van der Waals surface area contributed by atoms with Gasteiger partial charge < -0.3 is 9.72 Å². The first-order chi connectivity index (χ1) is 12.6. The van der Waals surface area contributed by atoms with Gasteiger partial charge in [0.2, 0.25) is 0 Å². The first-order valence-corrected chi connectivity index (χ1v) is 8.47. The summed E-state index contributed by atoms with van der Waals surface area (Å²) < 4.78 is 7.70. The molecule has 0 aliphatic heterocycles. The fraction of sp³-hybridized carbons (Fsp3) is 0.0500. The molecular weight excluding hydrogens is 346 g/mol. The van der Waals surface area contributed by atoms with Crippen LogP contribution in [0.3, 0.4) is 0 Å². The molecule has 0 saturated carbocycles. The molecule has 2 aromatic carbocycles. The van der Waals surface area contributed by atoms with Crippen molar-refractivity contribution in [2.45, 2.75) is 6.92 Å². The standard InChI is InChI=1S/C20H15N3O2S/c1-13-11-14(8-9-18(13)25-15-5-4-10-21-12-15)23-19(24)16-6-2-3-7-17(16)22-20(23)26/h2-12H,1H3,(H,22,26). The molecule has 0 unspecified atom stereocenters. The number of rotatable bonds is 3. The van der Waals surface area contributed by atoms with Crippen molar-refractivity contribution in [1.29, 1.82) is 0 Å². The van der Waals surface area contributed by atoms with Crippen molar-refractivity contribution < 1.29 is 4.74 Å². The fourth-order valence-corrected chi connectivity index (χ4v) is 3.12. The van der Waals surface area contributed by atoms with Crippen LogP contribution in [0.15, 0.2) is 71.8 Å². The number of aromatic nitrogens is 3. The smallest absolute Gasteiger partial charge is 0.266 e. The Hall–Kier alpha value is -3.25. The molecule has 4 aromatic rings. The SMILES string of the molecule is Cc1cc(-n2c(=S)[nH]c3ccccc3c2=O)ccc1Oc1cccnc1. The van der Waals surface area contributed by atoms with E-state index in [0.717, 1.165) is 11.1 Å². The molecule has 0 aliphatic rings. The minimum Gasteiger partial charge on any atom is -0.455 e. The topological polar surface area (TPSA) is 59.9 Å². The van der Waals surface area contributed by atoms with Gasteiger partial charge in [-0.25, -0.2) is 0 Å². The van der Waals surface area contributed by atoms with Crippen LogP contribution in [-0.2, 0) is 0 Å². The average Bonchev–Trinajstić information content (AvgIpc) is 2.65. The average molecular weight is 361 g/mol. The van der Waals surface area contributed by atoms with Crippen molar-refractivity contribution >= 4 is 23.1 Å². The number of aryl methyl sites for hydroxylation is 1. The molecular formula is C20H15N3O2S. The molecule has 0 atom stereocenters. The van der Waals surface area contributed by atoms with Crippen molar-refractivity contribution in [1.82, 2.24) is 14.5 Å². The maximum Gasteiger partial charge on any atom is 0.266 e. The molecule has 0 bridgehead atoms. The molecule has 5 nitrogen and oxygen atoms in total. The summed E-state index contributed by atoms with van der Waals surface area (Å²) in [6.07, 6.45) is 3.34. The summed E-state index contributed by atoms with van der Waals surface area (Å²) in [5, 5.41) is 0.592. The molecule has 2 heterocycles. The Morgan fingerprint density at radius 3 is 2.73 bits per heavy atom. The molecule has 128 valence electrons. The van der Waals surface area contributed by atoms with Gasteiger partial charge in [0.1, 0.15) is 11.5 Å². The van der Waals surface area contributed by atoms with Crippen LogP contribution in [-0.4, -0.2) is 14.5 Å². The zero-order valence-electron chi connectivity index (χ0n) is 14.0. The van der Waals surface area contributed by atoms with E-state index >= 15 is 0 Å². The maximum atomic E-state index is 12.9. The highest BCUT2D eigenvalue weighted by Gasteiger charge is 2.09. The van der Waals surface area contributed by atoms with Crippen molar-refractivity contribution in [3.8, 4) is 17.2 Å². The number of nitrogens with zero attached hydrogens (tertiary/aromatic N) is 2. The van der Waals surface area contributed by atoms with Gasteiger partial charge in [-0.1, -0.05) is 12.1 Å². The highest BCUT2D eigenvalue weighted by molar-refractivity contribution is 7.71. The number of aromatic amines is 1. The Kier molecular flexibility index (Phi) is 4.10. The van der Waals surface area contributed by atoms with Crippen LogP contribution in [0, 0.1) is 11.7 Å². The van der Waals surface area contributed by atoms with Crippen LogP contribution >= 0.6 is 12.2 Å².